The Labute approximate surface area is 184 Å². The van der Waals surface area contributed by atoms with Gasteiger partial charge < -0.3 is 34.3 Å². The molecule has 0 saturated heterocycles. The van der Waals surface area contributed by atoms with Crippen LogP contribution >= 0.6 is 0 Å². The third-order valence-electron chi connectivity index (χ3n) is 4.69. The molecule has 0 bridgehead atoms. The number of ether oxygens (including phenoxy) is 5. The summed E-state index contributed by atoms with van der Waals surface area (Å²) in [4.78, 5) is 4.69. The summed E-state index contributed by atoms with van der Waals surface area (Å²) in [5, 5.41) is 6.63. The smallest absolute Gasteiger partial charge is 0.191 e. The van der Waals surface area contributed by atoms with E-state index >= 15 is 0 Å². The third kappa shape index (κ3) is 6.60. The van der Waals surface area contributed by atoms with Crippen LogP contribution in [0.1, 0.15) is 18.1 Å². The van der Waals surface area contributed by atoms with Gasteiger partial charge in [0, 0.05) is 24.7 Å². The van der Waals surface area contributed by atoms with E-state index in [-0.39, 0.29) is 0 Å². The minimum Gasteiger partial charge on any atom is -0.496 e. The predicted molar refractivity (Wildman–Crippen MR) is 122 cm³/mol. The maximum atomic E-state index is 5.49. The fourth-order valence-electron chi connectivity index (χ4n) is 3.08. The van der Waals surface area contributed by atoms with Crippen LogP contribution in [0.2, 0.25) is 0 Å². The van der Waals surface area contributed by atoms with Crippen molar-refractivity contribution in [2.75, 3.05) is 48.6 Å². The summed E-state index contributed by atoms with van der Waals surface area (Å²) in [6.07, 6.45) is 0.810. The topological polar surface area (TPSA) is 82.6 Å². The van der Waals surface area contributed by atoms with E-state index in [9.17, 15) is 0 Å². The van der Waals surface area contributed by atoms with Gasteiger partial charge in [-0.05, 0) is 37.1 Å². The van der Waals surface area contributed by atoms with Gasteiger partial charge in [0.15, 0.2) is 29.0 Å². The summed E-state index contributed by atoms with van der Waals surface area (Å²) in [7, 11) is 8.10. The van der Waals surface area contributed by atoms with Gasteiger partial charge in [-0.1, -0.05) is 6.07 Å². The normalized spacial score (nSPS) is 11.0. The molecule has 0 unspecified atom stereocenters. The molecular weight excluding hydrogens is 398 g/mol. The Morgan fingerprint density at radius 2 is 1.35 bits per heavy atom. The van der Waals surface area contributed by atoms with Crippen LogP contribution in [-0.4, -0.2) is 54.6 Å². The molecule has 0 amide bonds. The molecule has 2 aromatic carbocycles. The summed E-state index contributed by atoms with van der Waals surface area (Å²) < 4.78 is 26.9. The number of guanidine groups is 1. The highest BCUT2D eigenvalue weighted by atomic mass is 16.5. The Hall–Kier alpha value is -3.29. The minimum atomic E-state index is 0.426. The van der Waals surface area contributed by atoms with Crippen LogP contribution in [0, 0.1) is 0 Å². The Bertz CT molecular complexity index is 871. The number of rotatable bonds is 11. The molecule has 0 saturated carbocycles. The van der Waals surface area contributed by atoms with Crippen molar-refractivity contribution < 1.29 is 23.7 Å². The summed E-state index contributed by atoms with van der Waals surface area (Å²) in [5.74, 6) is 4.12. The summed E-state index contributed by atoms with van der Waals surface area (Å²) in [6.45, 7) is 3.92. The summed E-state index contributed by atoms with van der Waals surface area (Å²) in [6, 6.07) is 9.62. The van der Waals surface area contributed by atoms with Crippen molar-refractivity contribution in [3.8, 4) is 28.7 Å². The molecule has 0 aliphatic heterocycles. The number of aliphatic imine (C=N–C) groups is 1. The van der Waals surface area contributed by atoms with Gasteiger partial charge in [0.25, 0.3) is 0 Å². The molecule has 0 aromatic heterocycles. The lowest BCUT2D eigenvalue weighted by molar-refractivity contribution is 0.347. The average Bonchev–Trinajstić information content (AvgIpc) is 2.81. The number of methoxy groups -OCH3 is 5. The SMILES string of the molecule is CCNC(=NCc1cc(OC)c(OC)cc1OC)NCCc1ccc(OC)c(OC)c1. The van der Waals surface area contributed by atoms with E-state index in [1.54, 1.807) is 41.6 Å². The highest BCUT2D eigenvalue weighted by Gasteiger charge is 2.12. The highest BCUT2D eigenvalue weighted by Crippen LogP contribution is 2.35. The molecule has 2 rings (SSSR count). The van der Waals surface area contributed by atoms with E-state index < -0.39 is 0 Å². The Kier molecular flexibility index (Phi) is 9.61. The van der Waals surface area contributed by atoms with Gasteiger partial charge in [0.1, 0.15) is 5.75 Å². The van der Waals surface area contributed by atoms with Crippen molar-refractivity contribution in [3.05, 3.63) is 41.5 Å². The number of hydrogen-bond acceptors (Lipinski definition) is 6. The zero-order valence-corrected chi connectivity index (χ0v) is 19.2. The van der Waals surface area contributed by atoms with E-state index in [2.05, 4.69) is 15.6 Å². The largest absolute Gasteiger partial charge is 0.496 e. The molecule has 0 heterocycles. The van der Waals surface area contributed by atoms with Crippen molar-refractivity contribution in [1.82, 2.24) is 10.6 Å². The van der Waals surface area contributed by atoms with Gasteiger partial charge >= 0.3 is 0 Å². The van der Waals surface area contributed by atoms with E-state index in [0.29, 0.717) is 30.3 Å². The quantitative estimate of drug-likeness (QED) is 0.418. The Morgan fingerprint density at radius 1 is 0.742 bits per heavy atom. The molecule has 2 N–H and O–H groups in total. The molecular formula is C23H33N3O5. The third-order valence-corrected chi connectivity index (χ3v) is 4.69. The molecule has 0 fully saturated rings. The number of nitrogens with one attached hydrogen (secondary N) is 2. The van der Waals surface area contributed by atoms with Crippen LogP contribution in [0.15, 0.2) is 35.3 Å². The van der Waals surface area contributed by atoms with E-state index in [4.69, 9.17) is 23.7 Å². The average molecular weight is 432 g/mol. The van der Waals surface area contributed by atoms with Crippen molar-refractivity contribution >= 4 is 5.96 Å². The number of benzene rings is 2. The van der Waals surface area contributed by atoms with Crippen LogP contribution in [0.4, 0.5) is 0 Å². The van der Waals surface area contributed by atoms with Gasteiger partial charge in [0.05, 0.1) is 42.1 Å². The predicted octanol–water partition coefficient (Wildman–Crippen LogP) is 3.03. The van der Waals surface area contributed by atoms with Crippen LogP contribution < -0.4 is 34.3 Å². The van der Waals surface area contributed by atoms with Crippen LogP contribution in [0.3, 0.4) is 0 Å². The van der Waals surface area contributed by atoms with E-state index in [0.717, 1.165) is 41.6 Å². The molecule has 0 spiro atoms. The molecule has 2 aromatic rings. The Balaban J connectivity index is 2.07. The van der Waals surface area contributed by atoms with Gasteiger partial charge in [-0.15, -0.1) is 0 Å². The molecule has 0 radical (unpaired) electrons. The first-order chi connectivity index (χ1) is 15.1. The second-order valence-corrected chi connectivity index (χ2v) is 6.58. The lowest BCUT2D eigenvalue weighted by atomic mass is 10.1. The van der Waals surface area contributed by atoms with Gasteiger partial charge in [-0.25, -0.2) is 4.99 Å². The van der Waals surface area contributed by atoms with E-state index in [1.165, 1.54) is 0 Å². The maximum Gasteiger partial charge on any atom is 0.191 e. The summed E-state index contributed by atoms with van der Waals surface area (Å²) >= 11 is 0. The minimum absolute atomic E-state index is 0.426. The molecule has 8 heteroatoms. The standard InChI is InChI=1S/C23H33N3O5/c1-7-24-23(25-11-10-16-8-9-18(27-2)20(12-16)29-4)26-15-17-13-21(30-5)22(31-6)14-19(17)28-3/h8-9,12-14H,7,10-11,15H2,1-6H3,(H2,24,25,26). The monoisotopic (exact) mass is 431 g/mol. The fourth-order valence-corrected chi connectivity index (χ4v) is 3.08. The molecule has 170 valence electrons. The van der Waals surface area contributed by atoms with Crippen molar-refractivity contribution in [3.63, 3.8) is 0 Å². The molecule has 0 atom stereocenters. The zero-order chi connectivity index (χ0) is 22.6. The number of hydrogen-bond donors (Lipinski definition) is 2. The maximum absolute atomic E-state index is 5.49. The van der Waals surface area contributed by atoms with Crippen molar-refractivity contribution in [1.29, 1.82) is 0 Å². The Morgan fingerprint density at radius 3 is 1.97 bits per heavy atom. The van der Waals surface area contributed by atoms with Gasteiger partial charge in [0.2, 0.25) is 0 Å². The van der Waals surface area contributed by atoms with Gasteiger partial charge in [-0.3, -0.25) is 0 Å². The summed E-state index contributed by atoms with van der Waals surface area (Å²) in [5.41, 5.74) is 2.04. The zero-order valence-electron chi connectivity index (χ0n) is 19.2. The fraction of sp³-hybridized carbons (Fsp3) is 0.435. The molecule has 0 aliphatic carbocycles. The lowest BCUT2D eigenvalue weighted by Gasteiger charge is -2.15. The molecule has 8 nitrogen and oxygen atoms in total. The van der Waals surface area contributed by atoms with Crippen molar-refractivity contribution in [2.45, 2.75) is 19.9 Å². The first-order valence-electron chi connectivity index (χ1n) is 10.1. The van der Waals surface area contributed by atoms with Crippen LogP contribution in [0.5, 0.6) is 28.7 Å². The first kappa shape index (κ1) is 24.0. The number of nitrogens with zero attached hydrogens (tertiary/aromatic N) is 1. The van der Waals surface area contributed by atoms with Gasteiger partial charge in [-0.2, -0.15) is 0 Å². The highest BCUT2D eigenvalue weighted by molar-refractivity contribution is 5.79. The second kappa shape index (κ2) is 12.4. The van der Waals surface area contributed by atoms with Crippen LogP contribution in [0.25, 0.3) is 0 Å². The molecule has 31 heavy (non-hydrogen) atoms. The lowest BCUT2D eigenvalue weighted by Crippen LogP contribution is -2.38. The molecule has 0 aliphatic rings. The van der Waals surface area contributed by atoms with Crippen LogP contribution in [-0.2, 0) is 13.0 Å². The van der Waals surface area contributed by atoms with E-state index in [1.807, 2.05) is 31.2 Å². The van der Waals surface area contributed by atoms with Crippen molar-refractivity contribution in [2.24, 2.45) is 4.99 Å². The first-order valence-corrected chi connectivity index (χ1v) is 10.1. The second-order valence-electron chi connectivity index (χ2n) is 6.58.